The van der Waals surface area contributed by atoms with Gasteiger partial charge in [-0.3, -0.25) is 4.79 Å². The Kier molecular flexibility index (Phi) is 2.91. The Morgan fingerprint density at radius 3 is 2.43 bits per heavy atom. The van der Waals surface area contributed by atoms with E-state index in [4.69, 9.17) is 0 Å². The molecule has 1 atom stereocenters. The van der Waals surface area contributed by atoms with Gasteiger partial charge in [0.15, 0.2) is 0 Å². The van der Waals surface area contributed by atoms with Crippen molar-refractivity contribution in [3.8, 4) is 0 Å². The average Bonchev–Trinajstić information content (AvgIpc) is 2.19. The third-order valence-electron chi connectivity index (χ3n) is 3.90. The van der Waals surface area contributed by atoms with Crippen LogP contribution in [0.15, 0.2) is 0 Å². The first-order valence-corrected chi connectivity index (χ1v) is 5.92. The number of hydrogen-bond donors (Lipinski definition) is 0. The normalized spacial score (nSPS) is 36.4. The van der Waals surface area contributed by atoms with E-state index >= 15 is 0 Å². The van der Waals surface area contributed by atoms with Gasteiger partial charge in [0.2, 0.25) is 0 Å². The lowest BCUT2D eigenvalue weighted by atomic mass is 9.76. The molecule has 3 saturated heterocycles. The SMILES string of the molecule is CC(C)C(=O)CC1CN2CCC1CC2. The van der Waals surface area contributed by atoms with Crippen LogP contribution >= 0.6 is 0 Å². The van der Waals surface area contributed by atoms with Crippen LogP contribution < -0.4 is 0 Å². The van der Waals surface area contributed by atoms with Gasteiger partial charge in [-0.1, -0.05) is 13.8 Å². The zero-order valence-electron chi connectivity index (χ0n) is 9.33. The second-order valence-electron chi connectivity index (χ2n) is 5.22. The van der Waals surface area contributed by atoms with E-state index in [0.717, 1.165) is 12.3 Å². The number of Topliss-reactive ketones (excluding diaryl/α,β-unsaturated/α-hetero) is 1. The molecule has 0 aromatic heterocycles. The highest BCUT2D eigenvalue weighted by molar-refractivity contribution is 5.80. The zero-order chi connectivity index (χ0) is 10.1. The largest absolute Gasteiger partial charge is 0.303 e. The van der Waals surface area contributed by atoms with Crippen LogP contribution in [-0.4, -0.2) is 30.3 Å². The molecule has 0 amide bonds. The van der Waals surface area contributed by atoms with E-state index in [1.54, 1.807) is 0 Å². The lowest BCUT2D eigenvalue weighted by Gasteiger charge is -2.44. The van der Waals surface area contributed by atoms with Crippen LogP contribution in [0.5, 0.6) is 0 Å². The van der Waals surface area contributed by atoms with Gasteiger partial charge in [-0.15, -0.1) is 0 Å². The van der Waals surface area contributed by atoms with Crippen molar-refractivity contribution in [2.24, 2.45) is 17.8 Å². The molecule has 1 unspecified atom stereocenters. The summed E-state index contributed by atoms with van der Waals surface area (Å²) >= 11 is 0. The van der Waals surface area contributed by atoms with Crippen LogP contribution in [0.25, 0.3) is 0 Å². The lowest BCUT2D eigenvalue weighted by molar-refractivity contribution is -0.124. The molecule has 3 aliphatic rings. The number of carbonyl (C=O) groups excluding carboxylic acids is 1. The molecule has 0 aromatic rings. The second-order valence-corrected chi connectivity index (χ2v) is 5.22. The number of nitrogens with zero attached hydrogens (tertiary/aromatic N) is 1. The van der Waals surface area contributed by atoms with Crippen LogP contribution in [0, 0.1) is 17.8 Å². The maximum Gasteiger partial charge on any atom is 0.135 e. The summed E-state index contributed by atoms with van der Waals surface area (Å²) in [6, 6.07) is 0. The third-order valence-corrected chi connectivity index (χ3v) is 3.90. The van der Waals surface area contributed by atoms with E-state index in [0.29, 0.717) is 11.7 Å². The highest BCUT2D eigenvalue weighted by Crippen LogP contribution is 2.34. The maximum absolute atomic E-state index is 11.7. The highest BCUT2D eigenvalue weighted by Gasteiger charge is 2.35. The second kappa shape index (κ2) is 4.01. The Hall–Kier alpha value is -0.370. The predicted molar refractivity (Wildman–Crippen MR) is 57.1 cm³/mol. The molecule has 2 nitrogen and oxygen atoms in total. The van der Waals surface area contributed by atoms with Crippen LogP contribution in [0.2, 0.25) is 0 Å². The topological polar surface area (TPSA) is 20.3 Å². The van der Waals surface area contributed by atoms with E-state index in [1.807, 2.05) is 13.8 Å². The third kappa shape index (κ3) is 2.00. The monoisotopic (exact) mass is 195 g/mol. The molecule has 14 heavy (non-hydrogen) atoms. The molecule has 3 fully saturated rings. The van der Waals surface area contributed by atoms with E-state index in [9.17, 15) is 4.79 Å². The zero-order valence-corrected chi connectivity index (χ0v) is 9.33. The van der Waals surface area contributed by atoms with Crippen molar-refractivity contribution in [2.45, 2.75) is 33.1 Å². The van der Waals surface area contributed by atoms with Gasteiger partial charge in [-0.2, -0.15) is 0 Å². The van der Waals surface area contributed by atoms with Gasteiger partial charge in [0.05, 0.1) is 0 Å². The van der Waals surface area contributed by atoms with Crippen molar-refractivity contribution in [3.63, 3.8) is 0 Å². The number of fused-ring (bicyclic) bond motifs is 3. The van der Waals surface area contributed by atoms with Crippen LogP contribution in [0.3, 0.4) is 0 Å². The van der Waals surface area contributed by atoms with Gasteiger partial charge in [0, 0.05) is 18.9 Å². The Balaban J connectivity index is 1.90. The molecule has 0 saturated carbocycles. The van der Waals surface area contributed by atoms with Crippen molar-refractivity contribution in [3.05, 3.63) is 0 Å². The first-order chi connectivity index (χ1) is 6.66. The van der Waals surface area contributed by atoms with Crippen LogP contribution in [0.4, 0.5) is 0 Å². The average molecular weight is 195 g/mol. The number of rotatable bonds is 3. The Morgan fingerprint density at radius 2 is 2.00 bits per heavy atom. The molecule has 0 spiro atoms. The Bertz CT molecular complexity index is 216. The quantitative estimate of drug-likeness (QED) is 0.686. The molecule has 0 aromatic carbocycles. The minimum absolute atomic E-state index is 0.227. The number of carbonyl (C=O) groups is 1. The smallest absolute Gasteiger partial charge is 0.135 e. The van der Waals surface area contributed by atoms with Gasteiger partial charge in [0.25, 0.3) is 0 Å². The predicted octanol–water partition coefficient (Wildman–Crippen LogP) is 1.94. The summed E-state index contributed by atoms with van der Waals surface area (Å²) in [6.45, 7) is 7.77. The van der Waals surface area contributed by atoms with E-state index < -0.39 is 0 Å². The standard InChI is InChI=1S/C12H21NO/c1-9(2)12(14)7-11-8-13-5-3-10(11)4-6-13/h9-11H,3-8H2,1-2H3. The Labute approximate surface area is 86.7 Å². The summed E-state index contributed by atoms with van der Waals surface area (Å²) in [4.78, 5) is 14.2. The van der Waals surface area contributed by atoms with Crippen molar-refractivity contribution >= 4 is 5.78 Å². The minimum atomic E-state index is 0.227. The summed E-state index contributed by atoms with van der Waals surface area (Å²) in [5.41, 5.74) is 0. The molecule has 0 N–H and O–H groups in total. The fourth-order valence-corrected chi connectivity index (χ4v) is 2.81. The molecule has 0 radical (unpaired) electrons. The summed E-state index contributed by atoms with van der Waals surface area (Å²) in [6.07, 6.45) is 3.49. The van der Waals surface area contributed by atoms with Crippen LogP contribution in [-0.2, 0) is 4.79 Å². The number of hydrogen-bond acceptors (Lipinski definition) is 2. The van der Waals surface area contributed by atoms with Crippen LogP contribution in [0.1, 0.15) is 33.1 Å². The molecule has 3 heterocycles. The van der Waals surface area contributed by atoms with Gasteiger partial charge >= 0.3 is 0 Å². The summed E-state index contributed by atoms with van der Waals surface area (Å²) in [5, 5.41) is 0. The first kappa shape index (κ1) is 10.2. The van der Waals surface area contributed by atoms with Crippen molar-refractivity contribution in [2.75, 3.05) is 19.6 Å². The van der Waals surface area contributed by atoms with Gasteiger partial charge in [0.1, 0.15) is 5.78 Å². The number of piperidine rings is 3. The first-order valence-electron chi connectivity index (χ1n) is 5.92. The molecular formula is C12H21NO. The van der Waals surface area contributed by atoms with Crippen molar-refractivity contribution in [1.82, 2.24) is 4.90 Å². The highest BCUT2D eigenvalue weighted by atomic mass is 16.1. The van der Waals surface area contributed by atoms with Gasteiger partial charge in [-0.25, -0.2) is 0 Å². The van der Waals surface area contributed by atoms with Gasteiger partial charge < -0.3 is 4.90 Å². The molecule has 80 valence electrons. The summed E-state index contributed by atoms with van der Waals surface area (Å²) < 4.78 is 0. The fourth-order valence-electron chi connectivity index (χ4n) is 2.81. The maximum atomic E-state index is 11.7. The Morgan fingerprint density at radius 1 is 1.36 bits per heavy atom. The molecule has 3 aliphatic heterocycles. The minimum Gasteiger partial charge on any atom is -0.303 e. The summed E-state index contributed by atoms with van der Waals surface area (Å²) in [7, 11) is 0. The lowest BCUT2D eigenvalue weighted by Crippen LogP contribution is -2.48. The van der Waals surface area contributed by atoms with Crippen molar-refractivity contribution in [1.29, 1.82) is 0 Å². The number of ketones is 1. The molecule has 2 heteroatoms. The van der Waals surface area contributed by atoms with E-state index in [1.165, 1.54) is 32.5 Å². The van der Waals surface area contributed by atoms with E-state index in [2.05, 4.69) is 4.90 Å². The van der Waals surface area contributed by atoms with E-state index in [-0.39, 0.29) is 5.92 Å². The fraction of sp³-hybridized carbons (Fsp3) is 0.917. The van der Waals surface area contributed by atoms with Gasteiger partial charge in [-0.05, 0) is 37.8 Å². The molecule has 3 rings (SSSR count). The summed E-state index contributed by atoms with van der Waals surface area (Å²) in [5.74, 6) is 2.21. The molecule has 0 aliphatic carbocycles. The molecule has 2 bridgehead atoms. The molecular weight excluding hydrogens is 174 g/mol. The van der Waals surface area contributed by atoms with Crippen molar-refractivity contribution < 1.29 is 4.79 Å².